The SMILES string of the molecule is Cc1ccc(C(N)C(=O)NCC(c2cccnc2)C(C)C)cc1.Cl.Cl. The van der Waals surface area contributed by atoms with Crippen LogP contribution in [0.4, 0.5) is 0 Å². The van der Waals surface area contributed by atoms with Gasteiger partial charge in [0.15, 0.2) is 0 Å². The molecule has 25 heavy (non-hydrogen) atoms. The molecule has 2 atom stereocenters. The van der Waals surface area contributed by atoms with Crippen molar-refractivity contribution in [1.82, 2.24) is 10.3 Å². The monoisotopic (exact) mass is 383 g/mol. The highest BCUT2D eigenvalue weighted by Gasteiger charge is 2.20. The molecule has 4 nitrogen and oxygen atoms in total. The number of aromatic nitrogens is 1. The molecule has 1 amide bonds. The number of hydrogen-bond donors (Lipinski definition) is 2. The number of nitrogens with two attached hydrogens (primary N) is 1. The molecule has 0 fully saturated rings. The van der Waals surface area contributed by atoms with E-state index in [1.165, 1.54) is 0 Å². The number of halogens is 2. The summed E-state index contributed by atoms with van der Waals surface area (Å²) in [6, 6.07) is 11.1. The molecular formula is C19H27Cl2N3O. The van der Waals surface area contributed by atoms with Gasteiger partial charge in [-0.05, 0) is 30.0 Å². The van der Waals surface area contributed by atoms with Gasteiger partial charge in [0.1, 0.15) is 6.04 Å². The molecule has 0 aliphatic heterocycles. The van der Waals surface area contributed by atoms with E-state index < -0.39 is 6.04 Å². The lowest BCUT2D eigenvalue weighted by molar-refractivity contribution is -0.122. The van der Waals surface area contributed by atoms with Crippen LogP contribution in [-0.4, -0.2) is 17.4 Å². The van der Waals surface area contributed by atoms with Crippen LogP contribution in [0.5, 0.6) is 0 Å². The smallest absolute Gasteiger partial charge is 0.241 e. The van der Waals surface area contributed by atoms with Crippen LogP contribution in [0.3, 0.4) is 0 Å². The summed E-state index contributed by atoms with van der Waals surface area (Å²) in [5, 5.41) is 2.98. The number of rotatable bonds is 6. The number of pyridine rings is 1. The summed E-state index contributed by atoms with van der Waals surface area (Å²) in [5.41, 5.74) is 9.18. The average Bonchev–Trinajstić information content (AvgIpc) is 2.55. The lowest BCUT2D eigenvalue weighted by atomic mass is 9.89. The number of aryl methyl sites for hydroxylation is 1. The fourth-order valence-electron chi connectivity index (χ4n) is 2.58. The highest BCUT2D eigenvalue weighted by Crippen LogP contribution is 2.23. The Kier molecular flexibility index (Phi) is 10.4. The van der Waals surface area contributed by atoms with Crippen LogP contribution >= 0.6 is 24.8 Å². The Bertz CT molecular complexity index is 633. The normalized spacial score (nSPS) is 12.5. The maximum absolute atomic E-state index is 12.3. The molecule has 0 aliphatic rings. The molecule has 0 bridgehead atoms. The van der Waals surface area contributed by atoms with Crippen molar-refractivity contribution in [2.24, 2.45) is 11.7 Å². The molecule has 2 aromatic rings. The molecule has 0 spiro atoms. The summed E-state index contributed by atoms with van der Waals surface area (Å²) >= 11 is 0. The highest BCUT2D eigenvalue weighted by molar-refractivity contribution is 5.85. The minimum atomic E-state index is -0.641. The van der Waals surface area contributed by atoms with Gasteiger partial charge in [0.2, 0.25) is 5.91 Å². The fourth-order valence-corrected chi connectivity index (χ4v) is 2.58. The van der Waals surface area contributed by atoms with E-state index in [0.717, 1.165) is 16.7 Å². The third kappa shape index (κ3) is 6.65. The summed E-state index contributed by atoms with van der Waals surface area (Å²) in [6.07, 6.45) is 3.61. The van der Waals surface area contributed by atoms with Gasteiger partial charge in [-0.2, -0.15) is 0 Å². The van der Waals surface area contributed by atoms with E-state index in [-0.39, 0.29) is 36.6 Å². The third-order valence-corrected chi connectivity index (χ3v) is 4.13. The molecule has 1 aromatic heterocycles. The van der Waals surface area contributed by atoms with Gasteiger partial charge in [-0.3, -0.25) is 9.78 Å². The largest absolute Gasteiger partial charge is 0.354 e. The number of carbonyl (C=O) groups excluding carboxylic acids is 1. The highest BCUT2D eigenvalue weighted by atomic mass is 35.5. The van der Waals surface area contributed by atoms with Gasteiger partial charge in [0.05, 0.1) is 0 Å². The number of hydrogen-bond acceptors (Lipinski definition) is 3. The van der Waals surface area contributed by atoms with Gasteiger partial charge in [0.25, 0.3) is 0 Å². The molecule has 0 radical (unpaired) electrons. The zero-order chi connectivity index (χ0) is 16.8. The maximum Gasteiger partial charge on any atom is 0.241 e. The Hall–Kier alpha value is -1.62. The third-order valence-electron chi connectivity index (χ3n) is 4.13. The minimum absolute atomic E-state index is 0. The van der Waals surface area contributed by atoms with E-state index in [0.29, 0.717) is 12.5 Å². The van der Waals surface area contributed by atoms with Crippen molar-refractivity contribution >= 4 is 30.7 Å². The molecule has 138 valence electrons. The van der Waals surface area contributed by atoms with Crippen molar-refractivity contribution in [1.29, 1.82) is 0 Å². The van der Waals surface area contributed by atoms with Gasteiger partial charge in [-0.25, -0.2) is 0 Å². The summed E-state index contributed by atoms with van der Waals surface area (Å²) in [4.78, 5) is 16.5. The van der Waals surface area contributed by atoms with Crippen molar-refractivity contribution in [3.63, 3.8) is 0 Å². The first kappa shape index (κ1) is 23.4. The lowest BCUT2D eigenvalue weighted by Crippen LogP contribution is -2.37. The van der Waals surface area contributed by atoms with Gasteiger partial charge in [-0.1, -0.05) is 49.7 Å². The second-order valence-corrected chi connectivity index (χ2v) is 6.27. The number of nitrogens with one attached hydrogen (secondary N) is 1. The average molecular weight is 384 g/mol. The molecular weight excluding hydrogens is 357 g/mol. The van der Waals surface area contributed by atoms with Crippen LogP contribution in [0.25, 0.3) is 0 Å². The van der Waals surface area contributed by atoms with Crippen LogP contribution in [0, 0.1) is 12.8 Å². The lowest BCUT2D eigenvalue weighted by Gasteiger charge is -2.22. The molecule has 6 heteroatoms. The summed E-state index contributed by atoms with van der Waals surface area (Å²) < 4.78 is 0. The summed E-state index contributed by atoms with van der Waals surface area (Å²) in [7, 11) is 0. The minimum Gasteiger partial charge on any atom is -0.354 e. The van der Waals surface area contributed by atoms with Crippen molar-refractivity contribution in [2.75, 3.05) is 6.54 Å². The van der Waals surface area contributed by atoms with E-state index >= 15 is 0 Å². The second kappa shape index (κ2) is 11.1. The van der Waals surface area contributed by atoms with E-state index in [1.807, 2.05) is 49.5 Å². The topological polar surface area (TPSA) is 68.0 Å². The van der Waals surface area contributed by atoms with Gasteiger partial charge >= 0.3 is 0 Å². The Balaban J connectivity index is 0.00000288. The number of amides is 1. The number of nitrogens with zero attached hydrogens (tertiary/aromatic N) is 1. The van der Waals surface area contributed by atoms with Crippen molar-refractivity contribution in [3.05, 3.63) is 65.5 Å². The Morgan fingerprint density at radius 3 is 2.28 bits per heavy atom. The molecule has 2 unspecified atom stereocenters. The van der Waals surface area contributed by atoms with E-state index in [1.54, 1.807) is 6.20 Å². The van der Waals surface area contributed by atoms with E-state index in [9.17, 15) is 4.79 Å². The van der Waals surface area contributed by atoms with Crippen LogP contribution in [0.1, 0.15) is 42.5 Å². The summed E-state index contributed by atoms with van der Waals surface area (Å²) in [5.74, 6) is 0.469. The predicted molar refractivity (Wildman–Crippen MR) is 107 cm³/mol. The van der Waals surface area contributed by atoms with Gasteiger partial charge < -0.3 is 11.1 Å². The molecule has 3 N–H and O–H groups in total. The van der Waals surface area contributed by atoms with Crippen LogP contribution < -0.4 is 11.1 Å². The first-order valence-electron chi connectivity index (χ1n) is 7.99. The van der Waals surface area contributed by atoms with E-state index in [2.05, 4.69) is 24.1 Å². The second-order valence-electron chi connectivity index (χ2n) is 6.27. The standard InChI is InChI=1S/C19H25N3O.2ClH/c1-13(2)17(16-5-4-10-21-11-16)12-22-19(23)18(20)15-8-6-14(3)7-9-15;;/h4-11,13,17-18H,12,20H2,1-3H3,(H,22,23);2*1H. The zero-order valence-electron chi connectivity index (χ0n) is 14.8. The first-order valence-corrected chi connectivity index (χ1v) is 7.99. The van der Waals surface area contributed by atoms with Crippen LogP contribution in [0.15, 0.2) is 48.8 Å². The van der Waals surface area contributed by atoms with Crippen molar-refractivity contribution < 1.29 is 4.79 Å². The molecule has 2 rings (SSSR count). The first-order chi connectivity index (χ1) is 11.0. The maximum atomic E-state index is 12.3. The molecule has 1 aromatic carbocycles. The fraction of sp³-hybridized carbons (Fsp3) is 0.368. The Labute approximate surface area is 162 Å². The van der Waals surface area contributed by atoms with Gasteiger partial charge in [-0.15, -0.1) is 24.8 Å². The predicted octanol–water partition coefficient (Wildman–Crippen LogP) is 3.79. The molecule has 0 aliphatic carbocycles. The Morgan fingerprint density at radius 1 is 1.12 bits per heavy atom. The number of benzene rings is 1. The van der Waals surface area contributed by atoms with Crippen molar-refractivity contribution in [3.8, 4) is 0 Å². The zero-order valence-corrected chi connectivity index (χ0v) is 16.4. The van der Waals surface area contributed by atoms with Crippen LogP contribution in [-0.2, 0) is 4.79 Å². The van der Waals surface area contributed by atoms with Crippen molar-refractivity contribution in [2.45, 2.75) is 32.7 Å². The summed E-state index contributed by atoms with van der Waals surface area (Å²) in [6.45, 7) is 6.85. The van der Waals surface area contributed by atoms with Crippen LogP contribution in [0.2, 0.25) is 0 Å². The number of carbonyl (C=O) groups is 1. The Morgan fingerprint density at radius 2 is 1.76 bits per heavy atom. The van der Waals surface area contributed by atoms with Gasteiger partial charge in [0, 0.05) is 24.9 Å². The quantitative estimate of drug-likeness (QED) is 0.796. The molecule has 0 saturated carbocycles. The molecule has 1 heterocycles. The van der Waals surface area contributed by atoms with E-state index in [4.69, 9.17) is 5.73 Å². The molecule has 0 saturated heterocycles.